The van der Waals surface area contributed by atoms with E-state index in [0.29, 0.717) is 12.4 Å². The number of ether oxygens (including phenoxy) is 1. The van der Waals surface area contributed by atoms with E-state index in [0.717, 1.165) is 6.42 Å². The molecule has 0 radical (unpaired) electrons. The first kappa shape index (κ1) is 14.1. The van der Waals surface area contributed by atoms with Crippen LogP contribution in [-0.4, -0.2) is 18.8 Å². The summed E-state index contributed by atoms with van der Waals surface area (Å²) in [7, 11) is 0. The lowest BCUT2D eigenvalue weighted by molar-refractivity contribution is -0.196. The number of alkyl halides is 3. The van der Waals surface area contributed by atoms with Gasteiger partial charge < -0.3 is 9.57 Å². The number of carbonyl (C=O) groups is 1. The number of hydrogen-bond donors (Lipinski definition) is 1. The van der Waals surface area contributed by atoms with Gasteiger partial charge in [-0.1, -0.05) is 19.1 Å². The Balaban J connectivity index is 2.64. The second-order valence-electron chi connectivity index (χ2n) is 3.33. The average Bonchev–Trinajstić information content (AvgIpc) is 2.33. The van der Waals surface area contributed by atoms with Crippen LogP contribution in [0.3, 0.4) is 0 Å². The molecule has 0 fully saturated rings. The number of carbonyl (C=O) groups excluding carboxylic acids is 1. The van der Waals surface area contributed by atoms with Crippen LogP contribution in [0.2, 0.25) is 0 Å². The fraction of sp³-hybridized carbons (Fsp3) is 0.364. The van der Waals surface area contributed by atoms with Gasteiger partial charge in [0.25, 0.3) is 0 Å². The van der Waals surface area contributed by atoms with E-state index in [4.69, 9.17) is 4.74 Å². The highest BCUT2D eigenvalue weighted by Crippen LogP contribution is 2.25. The number of para-hydroxylation sites is 2. The summed E-state index contributed by atoms with van der Waals surface area (Å²) in [5.74, 6) is -2.00. The first-order valence-corrected chi connectivity index (χ1v) is 5.21. The molecule has 0 spiro atoms. The van der Waals surface area contributed by atoms with Gasteiger partial charge in [0.1, 0.15) is 11.4 Å². The molecule has 0 aliphatic heterocycles. The highest BCUT2D eigenvalue weighted by atomic mass is 19.4. The summed E-state index contributed by atoms with van der Waals surface area (Å²) in [6, 6.07) is 6.22. The average molecular weight is 263 g/mol. The Bertz CT molecular complexity index is 407. The standard InChI is InChI=1S/C11H12F3NO3/c1-2-7-17-9-6-4-3-5-8(9)15-18-10(16)11(12,13)14/h3-6,15H,2,7H2,1H3. The van der Waals surface area contributed by atoms with Crippen molar-refractivity contribution < 1.29 is 27.5 Å². The van der Waals surface area contributed by atoms with Gasteiger partial charge in [0.2, 0.25) is 0 Å². The molecule has 1 rings (SSSR count). The van der Waals surface area contributed by atoms with E-state index < -0.39 is 12.1 Å². The maximum absolute atomic E-state index is 11.9. The molecular weight excluding hydrogens is 251 g/mol. The van der Waals surface area contributed by atoms with Crippen LogP contribution in [0.25, 0.3) is 0 Å². The van der Waals surface area contributed by atoms with E-state index in [-0.39, 0.29) is 5.69 Å². The maximum atomic E-state index is 11.9. The Morgan fingerprint density at radius 3 is 2.61 bits per heavy atom. The molecule has 1 N–H and O–H groups in total. The van der Waals surface area contributed by atoms with Gasteiger partial charge in [-0.05, 0) is 18.6 Å². The van der Waals surface area contributed by atoms with Crippen LogP contribution >= 0.6 is 0 Å². The number of hydrogen-bond acceptors (Lipinski definition) is 4. The maximum Gasteiger partial charge on any atom is 0.493 e. The summed E-state index contributed by atoms with van der Waals surface area (Å²) in [5, 5.41) is 0. The molecule has 0 unspecified atom stereocenters. The zero-order valence-corrected chi connectivity index (χ0v) is 9.58. The van der Waals surface area contributed by atoms with Crippen molar-refractivity contribution in [3.63, 3.8) is 0 Å². The van der Waals surface area contributed by atoms with Crippen LogP contribution in [0.15, 0.2) is 24.3 Å². The molecule has 0 saturated carbocycles. The van der Waals surface area contributed by atoms with E-state index in [1.165, 1.54) is 6.07 Å². The third kappa shape index (κ3) is 4.15. The first-order chi connectivity index (χ1) is 8.45. The number of nitrogens with one attached hydrogen (secondary N) is 1. The van der Waals surface area contributed by atoms with Crippen LogP contribution in [0.4, 0.5) is 18.9 Å². The molecule has 0 aliphatic rings. The predicted octanol–water partition coefficient (Wildman–Crippen LogP) is 2.91. The van der Waals surface area contributed by atoms with Crippen molar-refractivity contribution in [2.75, 3.05) is 12.1 Å². The van der Waals surface area contributed by atoms with Crippen molar-refractivity contribution >= 4 is 11.7 Å². The zero-order chi connectivity index (χ0) is 13.6. The monoisotopic (exact) mass is 263 g/mol. The Morgan fingerprint density at radius 1 is 1.33 bits per heavy atom. The van der Waals surface area contributed by atoms with Crippen molar-refractivity contribution in [2.45, 2.75) is 19.5 Å². The lowest BCUT2D eigenvalue weighted by atomic mass is 10.3. The molecule has 0 aliphatic carbocycles. The molecule has 0 amide bonds. The third-order valence-corrected chi connectivity index (χ3v) is 1.83. The Morgan fingerprint density at radius 2 is 2.00 bits per heavy atom. The van der Waals surface area contributed by atoms with Crippen molar-refractivity contribution in [3.8, 4) is 5.75 Å². The van der Waals surface area contributed by atoms with Crippen LogP contribution in [0.1, 0.15) is 13.3 Å². The number of anilines is 1. The van der Waals surface area contributed by atoms with E-state index in [1.807, 2.05) is 12.4 Å². The van der Waals surface area contributed by atoms with E-state index in [9.17, 15) is 18.0 Å². The van der Waals surface area contributed by atoms with Crippen LogP contribution in [-0.2, 0) is 9.63 Å². The van der Waals surface area contributed by atoms with Gasteiger partial charge in [-0.15, -0.1) is 0 Å². The SMILES string of the molecule is CCCOc1ccccc1NOC(=O)C(F)(F)F. The molecular formula is C11H12F3NO3. The molecule has 7 heteroatoms. The number of benzene rings is 1. The number of rotatable bonds is 5. The van der Waals surface area contributed by atoms with Gasteiger partial charge in [-0.3, -0.25) is 0 Å². The molecule has 1 aromatic rings. The van der Waals surface area contributed by atoms with Gasteiger partial charge in [-0.2, -0.15) is 13.2 Å². The van der Waals surface area contributed by atoms with Gasteiger partial charge in [-0.25, -0.2) is 10.3 Å². The van der Waals surface area contributed by atoms with Crippen molar-refractivity contribution in [2.24, 2.45) is 0 Å². The highest BCUT2D eigenvalue weighted by molar-refractivity contribution is 5.76. The van der Waals surface area contributed by atoms with Crippen molar-refractivity contribution in [1.82, 2.24) is 0 Å². The normalized spacial score (nSPS) is 10.9. The van der Waals surface area contributed by atoms with Crippen molar-refractivity contribution in [1.29, 1.82) is 0 Å². The fourth-order valence-corrected chi connectivity index (χ4v) is 1.05. The van der Waals surface area contributed by atoms with Gasteiger partial charge in [0.05, 0.1) is 6.61 Å². The summed E-state index contributed by atoms with van der Waals surface area (Å²) in [4.78, 5) is 14.4. The van der Waals surface area contributed by atoms with Crippen molar-refractivity contribution in [3.05, 3.63) is 24.3 Å². The van der Waals surface area contributed by atoms with Gasteiger partial charge in [0.15, 0.2) is 0 Å². The minimum absolute atomic E-state index is 0.156. The Hall–Kier alpha value is -1.92. The van der Waals surface area contributed by atoms with E-state index >= 15 is 0 Å². The molecule has 18 heavy (non-hydrogen) atoms. The lowest BCUT2D eigenvalue weighted by Crippen LogP contribution is -2.27. The molecule has 0 bridgehead atoms. The summed E-state index contributed by atoms with van der Waals surface area (Å²) in [6.45, 7) is 2.30. The van der Waals surface area contributed by atoms with Gasteiger partial charge in [0, 0.05) is 0 Å². The van der Waals surface area contributed by atoms with E-state index in [1.54, 1.807) is 18.2 Å². The summed E-state index contributed by atoms with van der Waals surface area (Å²) in [6.07, 6.45) is -4.29. The quantitative estimate of drug-likeness (QED) is 0.830. The molecule has 0 heterocycles. The zero-order valence-electron chi connectivity index (χ0n) is 9.58. The molecule has 4 nitrogen and oxygen atoms in total. The molecule has 0 saturated heterocycles. The fourth-order valence-electron chi connectivity index (χ4n) is 1.05. The van der Waals surface area contributed by atoms with E-state index in [2.05, 4.69) is 4.84 Å². The van der Waals surface area contributed by atoms with Gasteiger partial charge >= 0.3 is 12.1 Å². The topological polar surface area (TPSA) is 47.6 Å². The number of halogens is 3. The summed E-state index contributed by atoms with van der Waals surface area (Å²) in [5.41, 5.74) is 2.09. The van der Waals surface area contributed by atoms with Crippen LogP contribution in [0, 0.1) is 0 Å². The lowest BCUT2D eigenvalue weighted by Gasteiger charge is -2.12. The smallest absolute Gasteiger partial charge is 0.491 e. The second kappa shape index (κ2) is 6.13. The largest absolute Gasteiger partial charge is 0.493 e. The van der Waals surface area contributed by atoms with Crippen LogP contribution < -0.4 is 10.2 Å². The predicted molar refractivity (Wildman–Crippen MR) is 58.0 cm³/mol. The first-order valence-electron chi connectivity index (χ1n) is 5.21. The van der Waals surface area contributed by atoms with Crippen LogP contribution in [0.5, 0.6) is 5.75 Å². The third-order valence-electron chi connectivity index (χ3n) is 1.83. The molecule has 100 valence electrons. The Kier molecular flexibility index (Phi) is 4.82. The molecule has 0 atom stereocenters. The summed E-state index contributed by atoms with van der Waals surface area (Å²) >= 11 is 0. The minimum atomic E-state index is -5.04. The summed E-state index contributed by atoms with van der Waals surface area (Å²) < 4.78 is 41.0. The Labute approximate surface area is 102 Å². The molecule has 1 aromatic carbocycles. The minimum Gasteiger partial charge on any atom is -0.491 e. The second-order valence-corrected chi connectivity index (χ2v) is 3.33. The highest BCUT2D eigenvalue weighted by Gasteiger charge is 2.41. The molecule has 0 aromatic heterocycles.